The van der Waals surface area contributed by atoms with Crippen LogP contribution in [0.3, 0.4) is 0 Å². The van der Waals surface area contributed by atoms with Crippen molar-refractivity contribution in [3.05, 3.63) is 65.2 Å². The highest BCUT2D eigenvalue weighted by Gasteiger charge is 2.74. The molecule has 0 aromatic heterocycles. The van der Waals surface area contributed by atoms with Crippen LogP contribution in [0.25, 0.3) is 0 Å². The average molecular weight is 358 g/mol. The fourth-order valence-electron chi connectivity index (χ4n) is 2.78. The molecule has 1 aliphatic rings. The maximum atomic E-state index is 13.7. The summed E-state index contributed by atoms with van der Waals surface area (Å²) in [7, 11) is 0. The van der Waals surface area contributed by atoms with E-state index in [9.17, 15) is 26.3 Å². The molecule has 0 radical (unpaired) electrons. The van der Waals surface area contributed by atoms with E-state index in [-0.39, 0.29) is 16.8 Å². The first-order valence-corrected chi connectivity index (χ1v) is 7.23. The largest absolute Gasteiger partial charge is 0.427 e. The summed E-state index contributed by atoms with van der Waals surface area (Å²) in [6.45, 7) is 1.42. The molecular formula is C17H12F6N2. The van der Waals surface area contributed by atoms with E-state index in [1.807, 2.05) is 0 Å². The average Bonchev–Trinajstić information content (AvgIpc) is 2.52. The topological polar surface area (TPSA) is 24.4 Å². The molecule has 8 heteroatoms. The predicted molar refractivity (Wildman–Crippen MR) is 81.6 cm³/mol. The Kier molecular flexibility index (Phi) is 3.81. The number of hydrogen-bond donors (Lipinski definition) is 1. The molecule has 0 unspecified atom stereocenters. The minimum atomic E-state index is -5.66. The number of nitrogens with zero attached hydrogens (tertiary/aromatic N) is 1. The van der Waals surface area contributed by atoms with E-state index in [1.54, 1.807) is 6.07 Å². The summed E-state index contributed by atoms with van der Waals surface area (Å²) in [6, 6.07) is 10.9. The number of aryl methyl sites for hydroxylation is 1. The van der Waals surface area contributed by atoms with E-state index in [1.165, 1.54) is 43.3 Å². The monoisotopic (exact) mass is 358 g/mol. The highest BCUT2D eigenvalue weighted by Crippen LogP contribution is 2.56. The molecule has 0 fully saturated rings. The highest BCUT2D eigenvalue weighted by molar-refractivity contribution is 6.10. The minimum absolute atomic E-state index is 0.131. The zero-order valence-corrected chi connectivity index (χ0v) is 12.8. The Bertz CT molecular complexity index is 807. The summed E-state index contributed by atoms with van der Waals surface area (Å²) in [5.74, 6) is -0.480. The van der Waals surface area contributed by atoms with Crippen LogP contribution < -0.4 is 5.32 Å². The van der Waals surface area contributed by atoms with Crippen LogP contribution in [0, 0.1) is 6.92 Å². The van der Waals surface area contributed by atoms with Crippen LogP contribution in [-0.2, 0) is 5.54 Å². The lowest BCUT2D eigenvalue weighted by molar-refractivity contribution is -0.300. The molecule has 2 nitrogen and oxygen atoms in total. The molecule has 0 aliphatic carbocycles. The smallest absolute Gasteiger partial charge is 0.340 e. The third-order valence-corrected chi connectivity index (χ3v) is 3.97. The Labute approximate surface area is 139 Å². The Morgan fingerprint density at radius 3 is 2.04 bits per heavy atom. The van der Waals surface area contributed by atoms with Gasteiger partial charge in [-0.25, -0.2) is 4.99 Å². The molecule has 3 rings (SSSR count). The van der Waals surface area contributed by atoms with Gasteiger partial charge in [0.15, 0.2) is 0 Å². The Morgan fingerprint density at radius 1 is 0.880 bits per heavy atom. The zero-order valence-electron chi connectivity index (χ0n) is 12.8. The third-order valence-electron chi connectivity index (χ3n) is 3.97. The number of halogens is 6. The van der Waals surface area contributed by atoms with Crippen LogP contribution >= 0.6 is 0 Å². The Hall–Kier alpha value is -2.51. The molecule has 2 aromatic rings. The van der Waals surface area contributed by atoms with Crippen molar-refractivity contribution in [3.63, 3.8) is 0 Å². The molecule has 0 saturated carbocycles. The zero-order chi connectivity index (χ0) is 18.5. The van der Waals surface area contributed by atoms with Gasteiger partial charge in [-0.2, -0.15) is 26.3 Å². The number of anilines is 1. The number of benzene rings is 2. The van der Waals surface area contributed by atoms with E-state index in [0.717, 1.165) is 6.07 Å². The summed E-state index contributed by atoms with van der Waals surface area (Å²) in [5.41, 5.74) is -5.14. The number of rotatable bonds is 1. The van der Waals surface area contributed by atoms with Crippen molar-refractivity contribution >= 4 is 11.5 Å². The molecule has 1 aliphatic heterocycles. The number of alkyl halides is 6. The van der Waals surface area contributed by atoms with E-state index in [0.29, 0.717) is 0 Å². The fourth-order valence-corrected chi connectivity index (χ4v) is 2.78. The predicted octanol–water partition coefficient (Wildman–Crippen LogP) is 5.19. The van der Waals surface area contributed by atoms with Crippen molar-refractivity contribution in [2.45, 2.75) is 24.8 Å². The molecule has 0 spiro atoms. The molecule has 2 aromatic carbocycles. The van der Waals surface area contributed by atoms with E-state index in [2.05, 4.69) is 10.3 Å². The van der Waals surface area contributed by atoms with Gasteiger partial charge in [-0.15, -0.1) is 0 Å². The van der Waals surface area contributed by atoms with Gasteiger partial charge in [0.1, 0.15) is 5.84 Å². The van der Waals surface area contributed by atoms with Crippen molar-refractivity contribution in [1.29, 1.82) is 0 Å². The molecule has 0 amide bonds. The first-order valence-electron chi connectivity index (χ1n) is 7.23. The first-order chi connectivity index (χ1) is 11.6. The van der Waals surface area contributed by atoms with Gasteiger partial charge in [0.05, 0.1) is 0 Å². The number of fused-ring (bicyclic) bond motifs is 1. The number of aliphatic imine (C=N–C) groups is 1. The van der Waals surface area contributed by atoms with Gasteiger partial charge in [-0.05, 0) is 13.0 Å². The highest BCUT2D eigenvalue weighted by atomic mass is 19.4. The molecule has 0 bridgehead atoms. The summed E-state index contributed by atoms with van der Waals surface area (Å²) in [4.78, 5) is 3.16. The molecule has 1 heterocycles. The summed E-state index contributed by atoms with van der Waals surface area (Å²) >= 11 is 0. The lowest BCUT2D eigenvalue weighted by atomic mass is 9.84. The maximum Gasteiger partial charge on any atom is 0.427 e. The lowest BCUT2D eigenvalue weighted by Crippen LogP contribution is -2.55. The van der Waals surface area contributed by atoms with Gasteiger partial charge in [-0.1, -0.05) is 48.0 Å². The molecular weight excluding hydrogens is 346 g/mol. The number of hydrogen-bond acceptors (Lipinski definition) is 2. The molecule has 25 heavy (non-hydrogen) atoms. The standard InChI is InChI=1S/C17H12F6N2/c1-10-7-8-13-12(9-10)15(16(18,19)20,17(21,22)23)25-14(24-13)11-5-3-2-4-6-11/h2-9H,1H3,(H,24,25). The molecule has 1 N–H and O–H groups in total. The molecule has 0 saturated heterocycles. The quantitative estimate of drug-likeness (QED) is 0.698. The molecule has 0 atom stereocenters. The van der Waals surface area contributed by atoms with Gasteiger partial charge in [-0.3, -0.25) is 0 Å². The minimum Gasteiger partial charge on any atom is -0.340 e. The van der Waals surface area contributed by atoms with E-state index in [4.69, 9.17) is 0 Å². The molecule has 132 valence electrons. The number of nitrogens with one attached hydrogen (secondary N) is 1. The van der Waals surface area contributed by atoms with Crippen LogP contribution in [0.2, 0.25) is 0 Å². The van der Waals surface area contributed by atoms with Crippen LogP contribution in [0.4, 0.5) is 32.0 Å². The van der Waals surface area contributed by atoms with Crippen LogP contribution in [0.15, 0.2) is 53.5 Å². The van der Waals surface area contributed by atoms with Gasteiger partial charge in [0.2, 0.25) is 0 Å². The Morgan fingerprint density at radius 2 is 1.48 bits per heavy atom. The van der Waals surface area contributed by atoms with Gasteiger partial charge >= 0.3 is 12.4 Å². The number of amidine groups is 1. The van der Waals surface area contributed by atoms with Crippen LogP contribution in [-0.4, -0.2) is 18.2 Å². The lowest BCUT2D eigenvalue weighted by Gasteiger charge is -2.39. The van der Waals surface area contributed by atoms with E-state index < -0.39 is 29.3 Å². The Balaban J connectivity index is 2.36. The van der Waals surface area contributed by atoms with E-state index >= 15 is 0 Å². The van der Waals surface area contributed by atoms with Gasteiger partial charge < -0.3 is 5.32 Å². The third kappa shape index (κ3) is 2.65. The fraction of sp³-hybridized carbons (Fsp3) is 0.235. The second kappa shape index (κ2) is 5.50. The van der Waals surface area contributed by atoms with Crippen molar-refractivity contribution in [2.24, 2.45) is 4.99 Å². The maximum absolute atomic E-state index is 13.7. The summed E-state index contributed by atoms with van der Waals surface area (Å²) < 4.78 is 82.4. The van der Waals surface area contributed by atoms with Crippen molar-refractivity contribution in [1.82, 2.24) is 0 Å². The van der Waals surface area contributed by atoms with Crippen LogP contribution in [0.1, 0.15) is 16.7 Å². The van der Waals surface area contributed by atoms with Crippen molar-refractivity contribution in [3.8, 4) is 0 Å². The second-order valence-corrected chi connectivity index (χ2v) is 5.71. The SMILES string of the molecule is Cc1ccc2c(c1)C(C(F)(F)F)(C(F)(F)F)N=C(c1ccccc1)N2. The second-order valence-electron chi connectivity index (χ2n) is 5.71. The normalized spacial score (nSPS) is 16.7. The summed E-state index contributed by atoms with van der Waals surface area (Å²) in [5, 5.41) is 2.59. The van der Waals surface area contributed by atoms with Crippen molar-refractivity contribution < 1.29 is 26.3 Å². The van der Waals surface area contributed by atoms with Crippen LogP contribution in [0.5, 0.6) is 0 Å². The van der Waals surface area contributed by atoms with Gasteiger partial charge in [0, 0.05) is 16.8 Å². The van der Waals surface area contributed by atoms with Gasteiger partial charge in [0.25, 0.3) is 5.54 Å². The first kappa shape index (κ1) is 17.3. The van der Waals surface area contributed by atoms with Crippen molar-refractivity contribution in [2.75, 3.05) is 5.32 Å². The summed E-state index contributed by atoms with van der Waals surface area (Å²) in [6.07, 6.45) is -11.3.